The zero-order valence-corrected chi connectivity index (χ0v) is 18.1. The summed E-state index contributed by atoms with van der Waals surface area (Å²) >= 11 is 0. The molecule has 1 aromatic carbocycles. The molecule has 2 aromatic heterocycles. The van der Waals surface area contributed by atoms with Crippen LogP contribution in [0.3, 0.4) is 0 Å². The monoisotopic (exact) mass is 534 g/mol. The minimum absolute atomic E-state index is 0. The van der Waals surface area contributed by atoms with Crippen molar-refractivity contribution in [1.82, 2.24) is 25.4 Å². The molecule has 0 aliphatic rings. The van der Waals surface area contributed by atoms with E-state index in [1.165, 1.54) is 7.05 Å². The minimum Gasteiger partial charge on any atom is -0.352 e. The second-order valence-corrected chi connectivity index (χ2v) is 6.05. The molecule has 0 spiro atoms. The van der Waals surface area contributed by atoms with Crippen molar-refractivity contribution >= 4 is 29.9 Å². The van der Waals surface area contributed by atoms with Crippen molar-refractivity contribution in [1.29, 1.82) is 0 Å². The van der Waals surface area contributed by atoms with Gasteiger partial charge < -0.3 is 10.6 Å². The van der Waals surface area contributed by atoms with E-state index < -0.39 is 17.6 Å². The van der Waals surface area contributed by atoms with Crippen LogP contribution in [0.4, 0.5) is 17.6 Å². The molecule has 0 atom stereocenters. The van der Waals surface area contributed by atoms with Crippen LogP contribution in [-0.4, -0.2) is 27.8 Å². The number of rotatable bonds is 5. The third-order valence-corrected chi connectivity index (χ3v) is 4.06. The van der Waals surface area contributed by atoms with Crippen LogP contribution in [0.1, 0.15) is 16.7 Å². The molecule has 0 radical (unpaired) electrons. The molecule has 30 heavy (non-hydrogen) atoms. The third-order valence-electron chi connectivity index (χ3n) is 4.06. The summed E-state index contributed by atoms with van der Waals surface area (Å²) in [6.45, 7) is 0.204. The van der Waals surface area contributed by atoms with E-state index in [0.717, 1.165) is 17.7 Å². The van der Waals surface area contributed by atoms with E-state index in [1.807, 2.05) is 6.07 Å². The highest BCUT2D eigenvalue weighted by atomic mass is 127. The maximum absolute atomic E-state index is 13.2. The van der Waals surface area contributed by atoms with Gasteiger partial charge in [0, 0.05) is 38.7 Å². The SMILES string of the molecule is CN=C(NCc1ccnc(-n2cccn2)c1)NCc1ccc(F)cc1C(F)(F)F.I. The van der Waals surface area contributed by atoms with Gasteiger partial charge in [0.1, 0.15) is 5.82 Å². The van der Waals surface area contributed by atoms with Crippen LogP contribution in [0.25, 0.3) is 5.82 Å². The lowest BCUT2D eigenvalue weighted by Gasteiger charge is -2.16. The summed E-state index contributed by atoms with van der Waals surface area (Å²) < 4.78 is 54.1. The number of guanidine groups is 1. The van der Waals surface area contributed by atoms with Gasteiger partial charge in [-0.15, -0.1) is 24.0 Å². The van der Waals surface area contributed by atoms with E-state index >= 15 is 0 Å². The van der Waals surface area contributed by atoms with Crippen LogP contribution in [-0.2, 0) is 19.3 Å². The Kier molecular flexibility index (Phi) is 8.15. The Labute approximate surface area is 187 Å². The first kappa shape index (κ1) is 23.6. The lowest BCUT2D eigenvalue weighted by Crippen LogP contribution is -2.36. The molecule has 0 saturated heterocycles. The zero-order chi connectivity index (χ0) is 20.9. The van der Waals surface area contributed by atoms with Gasteiger partial charge in [-0.3, -0.25) is 4.99 Å². The predicted octanol–water partition coefficient (Wildman–Crippen LogP) is 3.91. The van der Waals surface area contributed by atoms with Crippen LogP contribution in [0.5, 0.6) is 0 Å². The van der Waals surface area contributed by atoms with Crippen molar-refractivity contribution in [3.05, 3.63) is 77.5 Å². The summed E-state index contributed by atoms with van der Waals surface area (Å²) in [6, 6.07) is 8.00. The summed E-state index contributed by atoms with van der Waals surface area (Å²) in [5, 5.41) is 9.95. The molecule has 11 heteroatoms. The van der Waals surface area contributed by atoms with Gasteiger partial charge in [0.05, 0.1) is 5.56 Å². The van der Waals surface area contributed by atoms with Crippen LogP contribution < -0.4 is 10.6 Å². The smallest absolute Gasteiger partial charge is 0.352 e. The molecule has 3 rings (SSSR count). The fraction of sp³-hybridized carbons (Fsp3) is 0.211. The molecule has 0 amide bonds. The lowest BCUT2D eigenvalue weighted by atomic mass is 10.1. The fourth-order valence-electron chi connectivity index (χ4n) is 2.65. The molecule has 2 N–H and O–H groups in total. The Morgan fingerprint density at radius 1 is 1.10 bits per heavy atom. The highest BCUT2D eigenvalue weighted by molar-refractivity contribution is 14.0. The van der Waals surface area contributed by atoms with Gasteiger partial charge >= 0.3 is 6.18 Å². The molecule has 0 fully saturated rings. The molecule has 2 heterocycles. The van der Waals surface area contributed by atoms with Gasteiger partial charge in [-0.2, -0.15) is 18.3 Å². The minimum atomic E-state index is -4.64. The molecule has 6 nitrogen and oxygen atoms in total. The van der Waals surface area contributed by atoms with Gasteiger partial charge in [0.25, 0.3) is 0 Å². The predicted molar refractivity (Wildman–Crippen MR) is 115 cm³/mol. The number of pyridine rings is 1. The highest BCUT2D eigenvalue weighted by Gasteiger charge is 2.33. The Balaban J connectivity index is 0.00000320. The molecule has 0 aliphatic carbocycles. The molecule has 0 bridgehead atoms. The van der Waals surface area contributed by atoms with Crippen molar-refractivity contribution in [3.8, 4) is 5.82 Å². The Morgan fingerprint density at radius 2 is 1.87 bits per heavy atom. The number of hydrogen-bond donors (Lipinski definition) is 2. The molecule has 160 valence electrons. The second kappa shape index (κ2) is 10.4. The van der Waals surface area contributed by atoms with E-state index in [0.29, 0.717) is 24.4 Å². The molecular formula is C19H19F4IN6. The maximum atomic E-state index is 13.2. The average molecular weight is 534 g/mol. The standard InChI is InChI=1S/C19H18F4N6.HI/c1-24-18(27-12-14-3-4-15(20)10-16(14)19(21,22)23)26-11-13-5-7-25-17(9-13)29-8-2-6-28-29;/h2-10H,11-12H2,1H3,(H2,24,26,27);1H. The van der Waals surface area contributed by atoms with E-state index in [4.69, 9.17) is 0 Å². The summed E-state index contributed by atoms with van der Waals surface area (Å²) in [5.74, 6) is 0.00698. The van der Waals surface area contributed by atoms with Crippen molar-refractivity contribution < 1.29 is 17.6 Å². The molecular weight excluding hydrogens is 515 g/mol. The third kappa shape index (κ3) is 6.15. The number of alkyl halides is 3. The number of nitrogens with zero attached hydrogens (tertiary/aromatic N) is 4. The van der Waals surface area contributed by atoms with Gasteiger partial charge in [0.15, 0.2) is 11.8 Å². The van der Waals surface area contributed by atoms with Crippen LogP contribution in [0.15, 0.2) is 60.0 Å². The number of nitrogens with one attached hydrogen (secondary N) is 2. The van der Waals surface area contributed by atoms with Crippen LogP contribution in [0, 0.1) is 5.82 Å². The molecule has 3 aromatic rings. The van der Waals surface area contributed by atoms with E-state index in [-0.39, 0.29) is 36.1 Å². The summed E-state index contributed by atoms with van der Waals surface area (Å²) in [4.78, 5) is 8.24. The number of benzene rings is 1. The van der Waals surface area contributed by atoms with Crippen molar-refractivity contribution in [2.75, 3.05) is 7.05 Å². The zero-order valence-electron chi connectivity index (χ0n) is 15.8. The van der Waals surface area contributed by atoms with E-state index in [2.05, 4.69) is 25.7 Å². The topological polar surface area (TPSA) is 67.1 Å². The lowest BCUT2D eigenvalue weighted by molar-refractivity contribution is -0.138. The molecule has 0 unspecified atom stereocenters. The Hall–Kier alpha value is -2.70. The molecule has 0 saturated carbocycles. The van der Waals surface area contributed by atoms with Crippen LogP contribution in [0.2, 0.25) is 0 Å². The quantitative estimate of drug-likeness (QED) is 0.226. The number of aromatic nitrogens is 3. The first-order chi connectivity index (χ1) is 13.9. The average Bonchev–Trinajstić information content (AvgIpc) is 3.23. The Morgan fingerprint density at radius 3 is 2.53 bits per heavy atom. The summed E-state index contributed by atoms with van der Waals surface area (Å²) in [6.07, 6.45) is 0.401. The maximum Gasteiger partial charge on any atom is 0.416 e. The summed E-state index contributed by atoms with van der Waals surface area (Å²) in [5.41, 5.74) is -0.212. The first-order valence-electron chi connectivity index (χ1n) is 8.62. The highest BCUT2D eigenvalue weighted by Crippen LogP contribution is 2.32. The van der Waals surface area contributed by atoms with Crippen molar-refractivity contribution in [2.45, 2.75) is 19.3 Å². The van der Waals surface area contributed by atoms with Crippen molar-refractivity contribution in [2.24, 2.45) is 4.99 Å². The summed E-state index contributed by atoms with van der Waals surface area (Å²) in [7, 11) is 1.51. The van der Waals surface area contributed by atoms with Crippen LogP contribution >= 0.6 is 24.0 Å². The molecule has 0 aliphatic heterocycles. The number of aliphatic imine (C=N–C) groups is 1. The normalized spacial score (nSPS) is 11.7. The van der Waals surface area contributed by atoms with Gasteiger partial charge in [-0.25, -0.2) is 14.1 Å². The van der Waals surface area contributed by atoms with Gasteiger partial charge in [-0.1, -0.05) is 6.07 Å². The largest absolute Gasteiger partial charge is 0.416 e. The Bertz CT molecular complexity index is 989. The van der Waals surface area contributed by atoms with Crippen molar-refractivity contribution in [3.63, 3.8) is 0 Å². The fourth-order valence-corrected chi connectivity index (χ4v) is 2.65. The van der Waals surface area contributed by atoms with E-state index in [9.17, 15) is 17.6 Å². The van der Waals surface area contributed by atoms with Gasteiger partial charge in [-0.05, 0) is 41.5 Å². The van der Waals surface area contributed by atoms with E-state index in [1.54, 1.807) is 35.4 Å². The number of hydrogen-bond acceptors (Lipinski definition) is 3. The van der Waals surface area contributed by atoms with Gasteiger partial charge in [0.2, 0.25) is 0 Å². The first-order valence-corrected chi connectivity index (χ1v) is 8.62. The second-order valence-electron chi connectivity index (χ2n) is 6.05. The number of halogens is 5.